The number of hydrogen-bond donors (Lipinski definition) is 0. The maximum atomic E-state index is 12.5. The molecule has 2 heterocycles. The molecular weight excluding hydrogens is 514 g/mol. The van der Waals surface area contributed by atoms with E-state index >= 15 is 0 Å². The van der Waals surface area contributed by atoms with E-state index in [0.29, 0.717) is 41.4 Å². The van der Waals surface area contributed by atoms with Crippen molar-refractivity contribution in [2.75, 3.05) is 13.7 Å². The Labute approximate surface area is 192 Å². The summed E-state index contributed by atoms with van der Waals surface area (Å²) in [6.07, 6.45) is 0.772. The van der Waals surface area contributed by atoms with Crippen LogP contribution in [0.2, 0.25) is 0 Å². The highest BCUT2D eigenvalue weighted by Gasteiger charge is 2.31. The van der Waals surface area contributed by atoms with Crippen LogP contribution in [0.15, 0.2) is 51.4 Å². The molecule has 0 saturated heterocycles. The number of carbonyl (C=O) groups is 1. The van der Waals surface area contributed by atoms with Crippen LogP contribution < -0.4 is 9.47 Å². The third-order valence-corrected chi connectivity index (χ3v) is 7.18. The lowest BCUT2D eigenvalue weighted by atomic mass is 9.97. The molecule has 0 radical (unpaired) electrons. The first kappa shape index (κ1) is 21.0. The van der Waals surface area contributed by atoms with E-state index in [4.69, 9.17) is 14.2 Å². The van der Waals surface area contributed by atoms with Crippen LogP contribution in [-0.4, -0.2) is 24.3 Å². The summed E-state index contributed by atoms with van der Waals surface area (Å²) >= 11 is 7.21. The molecule has 0 spiro atoms. The van der Waals surface area contributed by atoms with Crippen molar-refractivity contribution in [3.63, 3.8) is 0 Å². The molecule has 4 rings (SSSR count). The number of fused-ring (bicyclic) bond motifs is 3. The summed E-state index contributed by atoms with van der Waals surface area (Å²) in [5.41, 5.74) is 4.70. The lowest BCUT2D eigenvalue weighted by molar-refractivity contribution is 0.0512. The Balaban J connectivity index is 1.74. The average molecular weight is 535 g/mol. The Morgan fingerprint density at radius 1 is 1.10 bits per heavy atom. The lowest BCUT2D eigenvalue weighted by Gasteiger charge is -2.23. The SMILES string of the molecule is CCOC(=O)c1c(Br)c(Br)c2n1CCc1cc(OCc3ccccc3)c(OC)cc1-2. The molecule has 0 fully saturated rings. The monoisotopic (exact) mass is 533 g/mol. The van der Waals surface area contributed by atoms with Gasteiger partial charge >= 0.3 is 5.97 Å². The molecule has 3 aromatic rings. The average Bonchev–Trinajstić information content (AvgIpc) is 3.03. The Bertz CT molecular complexity index is 1090. The number of carbonyl (C=O) groups excluding carboxylic acids is 1. The van der Waals surface area contributed by atoms with Gasteiger partial charge in [0.15, 0.2) is 11.5 Å². The van der Waals surface area contributed by atoms with Crippen molar-refractivity contribution in [2.24, 2.45) is 0 Å². The molecule has 156 valence electrons. The van der Waals surface area contributed by atoms with Crippen molar-refractivity contribution in [3.8, 4) is 22.8 Å². The number of benzene rings is 2. The van der Waals surface area contributed by atoms with Crippen LogP contribution in [0.3, 0.4) is 0 Å². The molecule has 1 aliphatic heterocycles. The van der Waals surface area contributed by atoms with Gasteiger partial charge in [-0.2, -0.15) is 0 Å². The van der Waals surface area contributed by atoms with Crippen LogP contribution in [0.25, 0.3) is 11.3 Å². The van der Waals surface area contributed by atoms with Crippen molar-refractivity contribution < 1.29 is 19.0 Å². The van der Waals surface area contributed by atoms with Gasteiger partial charge in [-0.05, 0) is 68.5 Å². The van der Waals surface area contributed by atoms with E-state index in [1.807, 2.05) is 47.0 Å². The van der Waals surface area contributed by atoms with Gasteiger partial charge in [0.1, 0.15) is 12.3 Å². The van der Waals surface area contributed by atoms with E-state index in [9.17, 15) is 4.79 Å². The predicted octanol–water partition coefficient (Wildman–Crippen LogP) is 6.00. The molecule has 0 atom stereocenters. The van der Waals surface area contributed by atoms with Gasteiger partial charge in [-0.1, -0.05) is 30.3 Å². The summed E-state index contributed by atoms with van der Waals surface area (Å²) in [6.45, 7) is 3.27. The van der Waals surface area contributed by atoms with E-state index < -0.39 is 0 Å². The van der Waals surface area contributed by atoms with Gasteiger partial charge in [0.05, 0.1) is 28.4 Å². The molecule has 7 heteroatoms. The Hall–Kier alpha value is -2.25. The van der Waals surface area contributed by atoms with E-state index in [2.05, 4.69) is 31.9 Å². The third kappa shape index (κ3) is 3.76. The minimum Gasteiger partial charge on any atom is -0.493 e. The quantitative estimate of drug-likeness (QED) is 0.364. The van der Waals surface area contributed by atoms with Crippen LogP contribution in [0.1, 0.15) is 28.5 Å². The first-order chi connectivity index (χ1) is 14.5. The Kier molecular flexibility index (Phi) is 6.20. The fourth-order valence-corrected chi connectivity index (χ4v) is 4.89. The summed E-state index contributed by atoms with van der Waals surface area (Å²) in [7, 11) is 1.63. The number of esters is 1. The molecular formula is C23H21Br2NO4. The summed E-state index contributed by atoms with van der Waals surface area (Å²) in [5.74, 6) is 1.02. The Morgan fingerprint density at radius 3 is 2.57 bits per heavy atom. The number of ether oxygens (including phenoxy) is 3. The first-order valence-electron chi connectivity index (χ1n) is 9.67. The van der Waals surface area contributed by atoms with Crippen LogP contribution in [-0.2, 0) is 24.3 Å². The molecule has 0 N–H and O–H groups in total. The predicted molar refractivity (Wildman–Crippen MR) is 122 cm³/mol. The number of rotatable bonds is 6. The zero-order valence-electron chi connectivity index (χ0n) is 16.7. The molecule has 0 aliphatic carbocycles. The minimum atomic E-state index is -0.338. The van der Waals surface area contributed by atoms with Gasteiger partial charge in [0, 0.05) is 12.1 Å². The van der Waals surface area contributed by atoms with Crippen molar-refractivity contribution in [3.05, 3.63) is 68.2 Å². The van der Waals surface area contributed by atoms with Gasteiger partial charge in [-0.3, -0.25) is 0 Å². The highest BCUT2D eigenvalue weighted by atomic mass is 79.9. The molecule has 0 bridgehead atoms. The summed E-state index contributed by atoms with van der Waals surface area (Å²) in [6, 6.07) is 14.1. The largest absolute Gasteiger partial charge is 0.493 e. The maximum absolute atomic E-state index is 12.5. The van der Waals surface area contributed by atoms with Crippen LogP contribution in [0.4, 0.5) is 0 Å². The maximum Gasteiger partial charge on any atom is 0.356 e. The standard InChI is InChI=1S/C23H21Br2NO4/c1-3-29-23(27)22-20(25)19(24)21-16-12-17(28-2)18(11-15(16)9-10-26(21)22)30-13-14-7-5-4-6-8-14/h4-8,11-12H,3,9-10,13H2,1-2H3. The molecule has 30 heavy (non-hydrogen) atoms. The first-order valence-corrected chi connectivity index (χ1v) is 11.3. The van der Waals surface area contributed by atoms with E-state index in [1.54, 1.807) is 14.0 Å². The van der Waals surface area contributed by atoms with E-state index in [-0.39, 0.29) is 5.97 Å². The second kappa shape index (κ2) is 8.86. The number of hydrogen-bond acceptors (Lipinski definition) is 4. The third-order valence-electron chi connectivity index (χ3n) is 5.10. The highest BCUT2D eigenvalue weighted by Crippen LogP contribution is 2.46. The zero-order chi connectivity index (χ0) is 21.3. The number of halogens is 2. The molecule has 0 saturated carbocycles. The van der Waals surface area contributed by atoms with Crippen LogP contribution in [0, 0.1) is 0 Å². The molecule has 2 aromatic carbocycles. The topological polar surface area (TPSA) is 49.7 Å². The second-order valence-electron chi connectivity index (χ2n) is 6.88. The normalized spacial score (nSPS) is 12.1. The van der Waals surface area contributed by atoms with E-state index in [1.165, 1.54) is 0 Å². The Morgan fingerprint density at radius 2 is 1.87 bits per heavy atom. The van der Waals surface area contributed by atoms with Crippen molar-refractivity contribution in [1.82, 2.24) is 4.57 Å². The highest BCUT2D eigenvalue weighted by molar-refractivity contribution is 9.13. The van der Waals surface area contributed by atoms with E-state index in [0.717, 1.165) is 33.3 Å². The molecule has 0 amide bonds. The minimum absolute atomic E-state index is 0.329. The second-order valence-corrected chi connectivity index (χ2v) is 8.47. The lowest BCUT2D eigenvalue weighted by Crippen LogP contribution is -2.18. The molecule has 1 aliphatic rings. The number of aromatic nitrogens is 1. The molecule has 1 aromatic heterocycles. The number of methoxy groups -OCH3 is 1. The summed E-state index contributed by atoms with van der Waals surface area (Å²) in [5, 5.41) is 0. The van der Waals surface area contributed by atoms with Gasteiger partial charge in [0.2, 0.25) is 0 Å². The summed E-state index contributed by atoms with van der Waals surface area (Å²) in [4.78, 5) is 12.5. The van der Waals surface area contributed by atoms with Gasteiger partial charge in [0.25, 0.3) is 0 Å². The van der Waals surface area contributed by atoms with Crippen molar-refractivity contribution >= 4 is 37.8 Å². The zero-order valence-corrected chi connectivity index (χ0v) is 19.9. The number of aryl methyl sites for hydroxylation is 1. The smallest absolute Gasteiger partial charge is 0.356 e. The fraction of sp³-hybridized carbons (Fsp3) is 0.261. The van der Waals surface area contributed by atoms with Gasteiger partial charge in [-0.25, -0.2) is 4.79 Å². The van der Waals surface area contributed by atoms with Crippen molar-refractivity contribution in [2.45, 2.75) is 26.5 Å². The molecule has 0 unspecified atom stereocenters. The van der Waals surface area contributed by atoms with Crippen LogP contribution >= 0.6 is 31.9 Å². The number of nitrogens with zero attached hydrogens (tertiary/aromatic N) is 1. The fourth-order valence-electron chi connectivity index (χ4n) is 3.71. The summed E-state index contributed by atoms with van der Waals surface area (Å²) < 4.78 is 20.5. The van der Waals surface area contributed by atoms with Crippen molar-refractivity contribution in [1.29, 1.82) is 0 Å². The van der Waals surface area contributed by atoms with Crippen LogP contribution in [0.5, 0.6) is 11.5 Å². The molecule has 5 nitrogen and oxygen atoms in total. The van der Waals surface area contributed by atoms with Gasteiger partial charge < -0.3 is 18.8 Å². The van der Waals surface area contributed by atoms with Gasteiger partial charge in [-0.15, -0.1) is 0 Å².